The molecular formula is C19H19N3O3. The van der Waals surface area contributed by atoms with Crippen molar-refractivity contribution in [1.82, 2.24) is 5.43 Å². The second-order valence-corrected chi connectivity index (χ2v) is 5.31. The number of nitrogens with one attached hydrogen (secondary N) is 2. The van der Waals surface area contributed by atoms with E-state index in [0.29, 0.717) is 23.2 Å². The molecule has 6 heteroatoms. The van der Waals surface area contributed by atoms with Crippen LogP contribution in [0.15, 0.2) is 60.2 Å². The van der Waals surface area contributed by atoms with Crippen molar-refractivity contribution >= 4 is 23.7 Å². The van der Waals surface area contributed by atoms with Gasteiger partial charge in [-0.15, -0.1) is 6.58 Å². The molecule has 25 heavy (non-hydrogen) atoms. The summed E-state index contributed by atoms with van der Waals surface area (Å²) in [6, 6.07) is 11.8. The fourth-order valence-corrected chi connectivity index (χ4v) is 2.20. The zero-order chi connectivity index (χ0) is 18.2. The molecule has 128 valence electrons. The number of carbonyl (C=O) groups excluding carboxylic acids is 2. The molecule has 0 unspecified atom stereocenters. The maximum Gasteiger partial charge on any atom is 0.271 e. The molecule has 0 radical (unpaired) electrons. The van der Waals surface area contributed by atoms with E-state index in [1.165, 1.54) is 13.1 Å². The van der Waals surface area contributed by atoms with E-state index >= 15 is 0 Å². The van der Waals surface area contributed by atoms with E-state index in [2.05, 4.69) is 22.4 Å². The van der Waals surface area contributed by atoms with Gasteiger partial charge in [0, 0.05) is 23.7 Å². The van der Waals surface area contributed by atoms with Gasteiger partial charge in [0.2, 0.25) is 5.91 Å². The Morgan fingerprint density at radius 3 is 2.72 bits per heavy atom. The predicted octanol–water partition coefficient (Wildman–Crippen LogP) is 2.84. The molecular weight excluding hydrogens is 318 g/mol. The van der Waals surface area contributed by atoms with Gasteiger partial charge in [0.15, 0.2) is 0 Å². The number of phenols is 1. The molecule has 0 saturated heterocycles. The van der Waals surface area contributed by atoms with Crippen LogP contribution in [-0.2, 0) is 11.2 Å². The zero-order valence-electron chi connectivity index (χ0n) is 13.8. The number of phenolic OH excluding ortho intramolecular Hbond substituents is 1. The van der Waals surface area contributed by atoms with Gasteiger partial charge >= 0.3 is 0 Å². The summed E-state index contributed by atoms with van der Waals surface area (Å²) in [6.07, 6.45) is 3.60. The first-order valence-corrected chi connectivity index (χ1v) is 7.64. The second-order valence-electron chi connectivity index (χ2n) is 5.31. The van der Waals surface area contributed by atoms with E-state index in [1.807, 2.05) is 0 Å². The first-order valence-electron chi connectivity index (χ1n) is 7.64. The van der Waals surface area contributed by atoms with Gasteiger partial charge in [0.1, 0.15) is 5.75 Å². The standard InChI is InChI=1S/C19H19N3O3/c1-3-6-14-7-4-9-16(18(14)24)12-20-22-19(25)15-8-5-10-17(11-15)21-13(2)23/h3-5,7-12,24H,1,6H2,2H3,(H,21,23)(H,22,25). The van der Waals surface area contributed by atoms with E-state index in [1.54, 1.807) is 48.5 Å². The number of allylic oxidation sites excluding steroid dienone is 1. The first-order chi connectivity index (χ1) is 12.0. The number of hydrogen-bond donors (Lipinski definition) is 3. The minimum Gasteiger partial charge on any atom is -0.507 e. The Morgan fingerprint density at radius 2 is 2.00 bits per heavy atom. The molecule has 0 bridgehead atoms. The van der Waals surface area contributed by atoms with Crippen LogP contribution in [0, 0.1) is 0 Å². The monoisotopic (exact) mass is 337 g/mol. The average molecular weight is 337 g/mol. The normalized spacial score (nSPS) is 10.4. The number of para-hydroxylation sites is 1. The lowest BCUT2D eigenvalue weighted by Gasteiger charge is -2.06. The van der Waals surface area contributed by atoms with Crippen LogP contribution in [0.5, 0.6) is 5.75 Å². The van der Waals surface area contributed by atoms with E-state index in [-0.39, 0.29) is 11.7 Å². The maximum atomic E-state index is 12.1. The highest BCUT2D eigenvalue weighted by atomic mass is 16.3. The van der Waals surface area contributed by atoms with Crippen LogP contribution in [0.3, 0.4) is 0 Å². The fourth-order valence-electron chi connectivity index (χ4n) is 2.20. The number of nitrogens with zero attached hydrogens (tertiary/aromatic N) is 1. The summed E-state index contributed by atoms with van der Waals surface area (Å²) in [5.74, 6) is -0.538. The van der Waals surface area contributed by atoms with Gasteiger partial charge in [-0.05, 0) is 36.2 Å². The molecule has 0 aliphatic carbocycles. The second kappa shape index (κ2) is 8.44. The number of hydrazone groups is 1. The molecule has 0 fully saturated rings. The summed E-state index contributed by atoms with van der Waals surface area (Å²) in [5.41, 5.74) is 4.50. The summed E-state index contributed by atoms with van der Waals surface area (Å²) < 4.78 is 0. The van der Waals surface area contributed by atoms with Crippen LogP contribution >= 0.6 is 0 Å². The third kappa shape index (κ3) is 5.04. The Morgan fingerprint density at radius 1 is 1.24 bits per heavy atom. The van der Waals surface area contributed by atoms with Gasteiger partial charge in [-0.3, -0.25) is 9.59 Å². The lowest BCUT2D eigenvalue weighted by atomic mass is 10.1. The van der Waals surface area contributed by atoms with Crippen LogP contribution in [0.25, 0.3) is 0 Å². The molecule has 2 aromatic carbocycles. The molecule has 0 saturated carbocycles. The number of amides is 2. The van der Waals surface area contributed by atoms with E-state index in [9.17, 15) is 14.7 Å². The highest BCUT2D eigenvalue weighted by Crippen LogP contribution is 2.21. The molecule has 0 atom stereocenters. The van der Waals surface area contributed by atoms with Crippen molar-refractivity contribution in [3.8, 4) is 5.75 Å². The van der Waals surface area contributed by atoms with Crippen molar-refractivity contribution in [1.29, 1.82) is 0 Å². The number of hydrogen-bond acceptors (Lipinski definition) is 4. The summed E-state index contributed by atoms with van der Waals surface area (Å²) in [7, 11) is 0. The van der Waals surface area contributed by atoms with Gasteiger partial charge < -0.3 is 10.4 Å². The summed E-state index contributed by atoms with van der Waals surface area (Å²) in [5, 5.41) is 16.6. The minimum atomic E-state index is -0.426. The third-order valence-corrected chi connectivity index (χ3v) is 3.33. The van der Waals surface area contributed by atoms with Crippen molar-refractivity contribution in [2.45, 2.75) is 13.3 Å². The first kappa shape index (κ1) is 17.9. The molecule has 0 aliphatic heterocycles. The van der Waals surface area contributed by atoms with Crippen LogP contribution in [0.2, 0.25) is 0 Å². The Bertz CT molecular complexity index is 828. The fraction of sp³-hybridized carbons (Fsp3) is 0.105. The van der Waals surface area contributed by atoms with Crippen LogP contribution in [0.1, 0.15) is 28.4 Å². The van der Waals surface area contributed by atoms with Gasteiger partial charge in [-0.2, -0.15) is 5.10 Å². The van der Waals surface area contributed by atoms with Crippen LogP contribution < -0.4 is 10.7 Å². The summed E-state index contributed by atoms with van der Waals surface area (Å²) in [4.78, 5) is 23.2. The average Bonchev–Trinajstić information content (AvgIpc) is 2.58. The molecule has 2 rings (SSSR count). The zero-order valence-corrected chi connectivity index (χ0v) is 13.8. The molecule has 2 amide bonds. The lowest BCUT2D eigenvalue weighted by Crippen LogP contribution is -2.18. The maximum absolute atomic E-state index is 12.1. The SMILES string of the molecule is C=CCc1cccc(C=NNC(=O)c2cccc(NC(C)=O)c2)c1O. The largest absolute Gasteiger partial charge is 0.507 e. The highest BCUT2D eigenvalue weighted by molar-refractivity contribution is 5.97. The van der Waals surface area contributed by atoms with Crippen molar-refractivity contribution in [3.63, 3.8) is 0 Å². The number of aromatic hydroxyl groups is 1. The number of carbonyl (C=O) groups is 2. The Labute approximate surface area is 145 Å². The summed E-state index contributed by atoms with van der Waals surface area (Å²) >= 11 is 0. The third-order valence-electron chi connectivity index (χ3n) is 3.33. The van der Waals surface area contributed by atoms with Gasteiger partial charge in [0.05, 0.1) is 6.21 Å². The topological polar surface area (TPSA) is 90.8 Å². The van der Waals surface area contributed by atoms with Gasteiger partial charge in [0.25, 0.3) is 5.91 Å². The van der Waals surface area contributed by atoms with Crippen molar-refractivity contribution in [3.05, 3.63) is 71.8 Å². The van der Waals surface area contributed by atoms with E-state index in [4.69, 9.17) is 0 Å². The van der Waals surface area contributed by atoms with Gasteiger partial charge in [-0.25, -0.2) is 5.43 Å². The molecule has 0 aliphatic rings. The Hall–Kier alpha value is -3.41. The number of anilines is 1. The van der Waals surface area contributed by atoms with Crippen molar-refractivity contribution in [2.75, 3.05) is 5.32 Å². The lowest BCUT2D eigenvalue weighted by molar-refractivity contribution is -0.114. The number of benzene rings is 2. The van der Waals surface area contributed by atoms with E-state index < -0.39 is 5.91 Å². The van der Waals surface area contributed by atoms with Crippen LogP contribution in [-0.4, -0.2) is 23.1 Å². The molecule has 0 aromatic heterocycles. The molecule has 6 nitrogen and oxygen atoms in total. The summed E-state index contributed by atoms with van der Waals surface area (Å²) in [6.45, 7) is 5.04. The van der Waals surface area contributed by atoms with Crippen molar-refractivity contribution in [2.24, 2.45) is 5.10 Å². The Kier molecular flexibility index (Phi) is 6.06. The molecule has 2 aromatic rings. The highest BCUT2D eigenvalue weighted by Gasteiger charge is 2.07. The minimum absolute atomic E-state index is 0.105. The smallest absolute Gasteiger partial charge is 0.271 e. The number of rotatable bonds is 6. The van der Waals surface area contributed by atoms with Gasteiger partial charge in [-0.1, -0.05) is 24.3 Å². The quantitative estimate of drug-likeness (QED) is 0.430. The molecule has 0 spiro atoms. The molecule has 0 heterocycles. The van der Waals surface area contributed by atoms with E-state index in [0.717, 1.165) is 5.56 Å². The van der Waals surface area contributed by atoms with Crippen LogP contribution in [0.4, 0.5) is 5.69 Å². The Balaban J connectivity index is 2.07. The predicted molar refractivity (Wildman–Crippen MR) is 97.8 cm³/mol. The molecule has 3 N–H and O–H groups in total. The van der Waals surface area contributed by atoms with Crippen molar-refractivity contribution < 1.29 is 14.7 Å².